The first-order valence-corrected chi connectivity index (χ1v) is 10.9. The minimum absolute atomic E-state index is 0.0325. The SMILES string of the molecule is CCCN1CC(C(=O)N2CCN(S(=O)(=O)c3ccccc3C)CC2)CC1=O. The lowest BCUT2D eigenvalue weighted by atomic mass is 10.1. The first-order chi connectivity index (χ1) is 12.8. The number of carbonyl (C=O) groups excluding carboxylic acids is 2. The van der Waals surface area contributed by atoms with Gasteiger partial charge in [0.25, 0.3) is 0 Å². The number of carbonyl (C=O) groups is 2. The van der Waals surface area contributed by atoms with E-state index in [1.165, 1.54) is 4.31 Å². The zero-order valence-corrected chi connectivity index (χ0v) is 16.7. The summed E-state index contributed by atoms with van der Waals surface area (Å²) in [5, 5.41) is 0. The zero-order chi connectivity index (χ0) is 19.6. The molecule has 2 heterocycles. The summed E-state index contributed by atoms with van der Waals surface area (Å²) in [6, 6.07) is 6.94. The molecule has 0 bridgehead atoms. The van der Waals surface area contributed by atoms with E-state index in [-0.39, 0.29) is 37.2 Å². The number of benzene rings is 1. The average Bonchev–Trinajstić information content (AvgIpc) is 3.02. The van der Waals surface area contributed by atoms with Crippen LogP contribution in [0.5, 0.6) is 0 Å². The van der Waals surface area contributed by atoms with Gasteiger partial charge in [-0.15, -0.1) is 0 Å². The van der Waals surface area contributed by atoms with Gasteiger partial charge < -0.3 is 9.80 Å². The molecule has 0 spiro atoms. The van der Waals surface area contributed by atoms with Crippen LogP contribution in [-0.2, 0) is 19.6 Å². The Hall–Kier alpha value is -1.93. The number of amides is 2. The molecule has 2 fully saturated rings. The van der Waals surface area contributed by atoms with Gasteiger partial charge >= 0.3 is 0 Å². The summed E-state index contributed by atoms with van der Waals surface area (Å²) in [5.41, 5.74) is 0.719. The van der Waals surface area contributed by atoms with E-state index in [0.29, 0.717) is 31.1 Å². The smallest absolute Gasteiger partial charge is 0.243 e. The third-order valence-corrected chi connectivity index (χ3v) is 7.38. The number of hydrogen-bond acceptors (Lipinski definition) is 4. The molecule has 0 radical (unpaired) electrons. The average molecular weight is 394 g/mol. The molecule has 148 valence electrons. The Morgan fingerprint density at radius 2 is 1.81 bits per heavy atom. The van der Waals surface area contributed by atoms with Crippen molar-refractivity contribution in [1.29, 1.82) is 0 Å². The summed E-state index contributed by atoms with van der Waals surface area (Å²) in [5.74, 6) is -0.297. The van der Waals surface area contributed by atoms with Crippen molar-refractivity contribution < 1.29 is 18.0 Å². The Morgan fingerprint density at radius 3 is 2.44 bits per heavy atom. The number of likely N-dealkylation sites (tertiary alicyclic amines) is 1. The highest BCUT2D eigenvalue weighted by Gasteiger charge is 2.38. The molecule has 8 heteroatoms. The third-order valence-electron chi connectivity index (χ3n) is 5.32. The summed E-state index contributed by atoms with van der Waals surface area (Å²) in [4.78, 5) is 28.5. The number of nitrogens with zero attached hydrogens (tertiary/aromatic N) is 3. The minimum atomic E-state index is -3.55. The van der Waals surface area contributed by atoms with Gasteiger partial charge in [-0.2, -0.15) is 4.31 Å². The molecule has 27 heavy (non-hydrogen) atoms. The van der Waals surface area contributed by atoms with Crippen LogP contribution in [0, 0.1) is 12.8 Å². The topological polar surface area (TPSA) is 78.0 Å². The van der Waals surface area contributed by atoms with E-state index in [4.69, 9.17) is 0 Å². The second kappa shape index (κ2) is 7.98. The molecule has 0 aliphatic carbocycles. The van der Waals surface area contributed by atoms with Crippen molar-refractivity contribution in [3.8, 4) is 0 Å². The molecule has 0 saturated carbocycles. The normalized spacial score (nSPS) is 21.7. The molecule has 0 N–H and O–H groups in total. The van der Waals surface area contributed by atoms with E-state index < -0.39 is 10.0 Å². The van der Waals surface area contributed by atoms with Gasteiger partial charge in [-0.1, -0.05) is 25.1 Å². The largest absolute Gasteiger partial charge is 0.342 e. The van der Waals surface area contributed by atoms with Crippen molar-refractivity contribution in [1.82, 2.24) is 14.1 Å². The first kappa shape index (κ1) is 19.8. The summed E-state index contributed by atoms with van der Waals surface area (Å²) < 4.78 is 27.2. The number of sulfonamides is 1. The third kappa shape index (κ3) is 4.01. The molecular formula is C19H27N3O4S. The molecule has 1 atom stereocenters. The molecule has 2 amide bonds. The maximum Gasteiger partial charge on any atom is 0.243 e. The van der Waals surface area contributed by atoms with Crippen LogP contribution in [0.1, 0.15) is 25.3 Å². The molecule has 1 aromatic rings. The monoisotopic (exact) mass is 393 g/mol. The van der Waals surface area contributed by atoms with Gasteiger partial charge in [0.2, 0.25) is 21.8 Å². The molecule has 2 aliphatic heterocycles. The summed E-state index contributed by atoms with van der Waals surface area (Å²) in [6.07, 6.45) is 1.14. The van der Waals surface area contributed by atoms with Crippen molar-refractivity contribution in [3.63, 3.8) is 0 Å². The van der Waals surface area contributed by atoms with Crippen molar-refractivity contribution in [2.75, 3.05) is 39.3 Å². The van der Waals surface area contributed by atoms with Gasteiger partial charge in [-0.05, 0) is 25.0 Å². The van der Waals surface area contributed by atoms with Gasteiger partial charge in [0, 0.05) is 45.7 Å². The standard InChI is InChI=1S/C19H27N3O4S/c1-3-8-21-14-16(13-18(21)23)19(24)20-9-11-22(12-10-20)27(25,26)17-7-5-4-6-15(17)2/h4-7,16H,3,8-14H2,1-2H3. The maximum absolute atomic E-state index is 12.9. The minimum Gasteiger partial charge on any atom is -0.342 e. The number of rotatable bonds is 5. The van der Waals surface area contributed by atoms with Crippen LogP contribution in [0.2, 0.25) is 0 Å². The van der Waals surface area contributed by atoms with E-state index in [2.05, 4.69) is 0 Å². The van der Waals surface area contributed by atoms with E-state index in [0.717, 1.165) is 12.0 Å². The highest BCUT2D eigenvalue weighted by Crippen LogP contribution is 2.24. The van der Waals surface area contributed by atoms with Crippen LogP contribution in [0.4, 0.5) is 0 Å². The first-order valence-electron chi connectivity index (χ1n) is 9.47. The van der Waals surface area contributed by atoms with Crippen LogP contribution in [0.25, 0.3) is 0 Å². The second-order valence-electron chi connectivity index (χ2n) is 7.24. The second-order valence-corrected chi connectivity index (χ2v) is 9.14. The van der Waals surface area contributed by atoms with E-state index in [1.54, 1.807) is 34.9 Å². The van der Waals surface area contributed by atoms with E-state index in [9.17, 15) is 18.0 Å². The highest BCUT2D eigenvalue weighted by atomic mass is 32.2. The lowest BCUT2D eigenvalue weighted by Gasteiger charge is -2.35. The Balaban J connectivity index is 1.61. The fourth-order valence-corrected chi connectivity index (χ4v) is 5.46. The number of aryl methyl sites for hydroxylation is 1. The van der Waals surface area contributed by atoms with Gasteiger partial charge in [-0.25, -0.2) is 8.42 Å². The van der Waals surface area contributed by atoms with Gasteiger partial charge in [-0.3, -0.25) is 9.59 Å². The zero-order valence-electron chi connectivity index (χ0n) is 15.9. The Kier molecular flexibility index (Phi) is 5.86. The van der Waals surface area contributed by atoms with Crippen LogP contribution in [0.15, 0.2) is 29.2 Å². The fraction of sp³-hybridized carbons (Fsp3) is 0.579. The molecule has 3 rings (SSSR count). The number of piperazine rings is 1. The molecule has 2 aliphatic rings. The van der Waals surface area contributed by atoms with E-state index in [1.807, 2.05) is 13.0 Å². The summed E-state index contributed by atoms with van der Waals surface area (Å²) in [6.45, 7) is 6.25. The molecule has 1 unspecified atom stereocenters. The van der Waals surface area contributed by atoms with Crippen molar-refractivity contribution in [3.05, 3.63) is 29.8 Å². The molecule has 0 aromatic heterocycles. The molecule has 7 nitrogen and oxygen atoms in total. The van der Waals surface area contributed by atoms with Crippen LogP contribution in [0.3, 0.4) is 0 Å². The fourth-order valence-electron chi connectivity index (χ4n) is 3.82. The molecule has 1 aromatic carbocycles. The Labute approximate surface area is 161 Å². The Bertz CT molecular complexity index is 816. The summed E-state index contributed by atoms with van der Waals surface area (Å²) >= 11 is 0. The Morgan fingerprint density at radius 1 is 1.15 bits per heavy atom. The van der Waals surface area contributed by atoms with Crippen molar-refractivity contribution in [2.24, 2.45) is 5.92 Å². The van der Waals surface area contributed by atoms with Crippen LogP contribution >= 0.6 is 0 Å². The predicted octanol–water partition coefficient (Wildman–Crippen LogP) is 1.09. The van der Waals surface area contributed by atoms with Crippen molar-refractivity contribution in [2.45, 2.75) is 31.6 Å². The lowest BCUT2D eigenvalue weighted by Crippen LogP contribution is -2.52. The van der Waals surface area contributed by atoms with Crippen LogP contribution in [-0.4, -0.2) is 73.6 Å². The van der Waals surface area contributed by atoms with Gasteiger partial charge in [0.05, 0.1) is 10.8 Å². The van der Waals surface area contributed by atoms with Crippen molar-refractivity contribution >= 4 is 21.8 Å². The molecular weight excluding hydrogens is 366 g/mol. The van der Waals surface area contributed by atoms with Gasteiger partial charge in [0.1, 0.15) is 0 Å². The van der Waals surface area contributed by atoms with Gasteiger partial charge in [0.15, 0.2) is 0 Å². The quantitative estimate of drug-likeness (QED) is 0.750. The van der Waals surface area contributed by atoms with Crippen LogP contribution < -0.4 is 0 Å². The van der Waals surface area contributed by atoms with E-state index >= 15 is 0 Å². The highest BCUT2D eigenvalue weighted by molar-refractivity contribution is 7.89. The summed E-state index contributed by atoms with van der Waals surface area (Å²) in [7, 11) is -3.55. The molecule has 2 saturated heterocycles. The lowest BCUT2D eigenvalue weighted by molar-refractivity contribution is -0.137. The number of hydrogen-bond donors (Lipinski definition) is 0. The predicted molar refractivity (Wildman–Crippen MR) is 101 cm³/mol. The maximum atomic E-state index is 12.9.